The van der Waals surface area contributed by atoms with Crippen LogP contribution in [0.4, 0.5) is 0 Å². The molecule has 1 atom stereocenters. The summed E-state index contributed by atoms with van der Waals surface area (Å²) >= 11 is 0. The highest BCUT2D eigenvalue weighted by Crippen LogP contribution is 2.21. The van der Waals surface area contributed by atoms with Crippen LogP contribution in [0.15, 0.2) is 10.7 Å². The zero-order valence-corrected chi connectivity index (χ0v) is 7.62. The van der Waals surface area contributed by atoms with Crippen molar-refractivity contribution in [2.45, 2.75) is 18.8 Å². The van der Waals surface area contributed by atoms with E-state index in [0.29, 0.717) is 12.5 Å². The molecule has 72 valence electrons. The lowest BCUT2D eigenvalue weighted by molar-refractivity contribution is 0.457. The Morgan fingerprint density at radius 1 is 1.69 bits per heavy atom. The van der Waals surface area contributed by atoms with Crippen molar-refractivity contribution >= 4 is 0 Å². The summed E-state index contributed by atoms with van der Waals surface area (Å²) < 4.78 is 5.39. The van der Waals surface area contributed by atoms with Gasteiger partial charge in [0.15, 0.2) is 5.89 Å². The molecule has 1 unspecified atom stereocenters. The van der Waals surface area contributed by atoms with Gasteiger partial charge >= 0.3 is 0 Å². The quantitative estimate of drug-likeness (QED) is 0.701. The van der Waals surface area contributed by atoms with E-state index in [1.54, 1.807) is 6.26 Å². The minimum Gasteiger partial charge on any atom is -0.448 e. The van der Waals surface area contributed by atoms with Crippen LogP contribution in [-0.4, -0.2) is 24.6 Å². The van der Waals surface area contributed by atoms with Gasteiger partial charge in [-0.15, -0.1) is 0 Å². The highest BCUT2D eigenvalue weighted by atomic mass is 16.3. The first-order valence-electron chi connectivity index (χ1n) is 4.75. The number of aromatic nitrogens is 1. The molecule has 0 aromatic carbocycles. The van der Waals surface area contributed by atoms with Gasteiger partial charge in [-0.3, -0.25) is 0 Å². The first-order valence-corrected chi connectivity index (χ1v) is 4.75. The molecular formula is C9H15N3O. The normalized spacial score (nSPS) is 22.4. The van der Waals surface area contributed by atoms with Crippen LogP contribution in [0.25, 0.3) is 0 Å². The molecule has 0 saturated carbocycles. The highest BCUT2D eigenvalue weighted by molar-refractivity contribution is 5.03. The average molecular weight is 181 g/mol. The average Bonchev–Trinajstić information content (AvgIpc) is 2.70. The van der Waals surface area contributed by atoms with Gasteiger partial charge in [0, 0.05) is 18.9 Å². The Kier molecular flexibility index (Phi) is 2.61. The summed E-state index contributed by atoms with van der Waals surface area (Å²) in [5.41, 5.74) is 6.41. The zero-order valence-electron chi connectivity index (χ0n) is 7.62. The summed E-state index contributed by atoms with van der Waals surface area (Å²) in [6.07, 6.45) is 3.66. The van der Waals surface area contributed by atoms with E-state index in [1.165, 1.54) is 0 Å². The molecular weight excluding hydrogens is 166 g/mol. The van der Waals surface area contributed by atoms with Crippen LogP contribution in [0.2, 0.25) is 0 Å². The standard InChI is InChI=1S/C9H15N3O/c10-3-1-8-6-13-9(12-8)7-2-4-11-5-7/h6-7,11H,1-5,10H2. The first-order chi connectivity index (χ1) is 6.40. The van der Waals surface area contributed by atoms with E-state index in [0.717, 1.165) is 37.5 Å². The van der Waals surface area contributed by atoms with E-state index in [4.69, 9.17) is 10.2 Å². The Balaban J connectivity index is 2.03. The third-order valence-electron chi connectivity index (χ3n) is 2.38. The molecule has 2 heterocycles. The zero-order chi connectivity index (χ0) is 9.10. The molecule has 1 aliphatic heterocycles. The Hall–Kier alpha value is -0.870. The molecule has 0 spiro atoms. The molecule has 1 fully saturated rings. The molecule has 13 heavy (non-hydrogen) atoms. The number of hydrogen-bond acceptors (Lipinski definition) is 4. The summed E-state index contributed by atoms with van der Waals surface area (Å²) in [4.78, 5) is 4.40. The number of rotatable bonds is 3. The predicted octanol–water partition coefficient (Wildman–Crippen LogP) is 0.253. The van der Waals surface area contributed by atoms with Crippen LogP contribution in [0.1, 0.15) is 23.9 Å². The van der Waals surface area contributed by atoms with Gasteiger partial charge < -0.3 is 15.5 Å². The number of nitrogens with two attached hydrogens (primary N) is 1. The molecule has 4 heteroatoms. The lowest BCUT2D eigenvalue weighted by atomic mass is 10.1. The summed E-state index contributed by atoms with van der Waals surface area (Å²) in [5, 5.41) is 3.29. The van der Waals surface area contributed by atoms with E-state index in [1.807, 2.05) is 0 Å². The first kappa shape index (κ1) is 8.72. The fraction of sp³-hybridized carbons (Fsp3) is 0.667. The molecule has 4 nitrogen and oxygen atoms in total. The number of nitrogens with zero attached hydrogens (tertiary/aromatic N) is 1. The van der Waals surface area contributed by atoms with Crippen molar-refractivity contribution in [1.29, 1.82) is 0 Å². The van der Waals surface area contributed by atoms with E-state index < -0.39 is 0 Å². The van der Waals surface area contributed by atoms with Crippen LogP contribution in [0, 0.1) is 0 Å². The second-order valence-electron chi connectivity index (χ2n) is 3.41. The fourth-order valence-electron chi connectivity index (χ4n) is 1.64. The third kappa shape index (κ3) is 1.89. The number of hydrogen-bond donors (Lipinski definition) is 2. The lowest BCUT2D eigenvalue weighted by Gasteiger charge is -2.00. The molecule has 1 aromatic rings. The van der Waals surface area contributed by atoms with Gasteiger partial charge in [0.05, 0.1) is 5.69 Å². The largest absolute Gasteiger partial charge is 0.448 e. The Bertz CT molecular complexity index is 266. The minimum atomic E-state index is 0.464. The maximum atomic E-state index is 5.43. The van der Waals surface area contributed by atoms with Crippen molar-refractivity contribution in [3.05, 3.63) is 17.8 Å². The smallest absolute Gasteiger partial charge is 0.198 e. The third-order valence-corrected chi connectivity index (χ3v) is 2.38. The van der Waals surface area contributed by atoms with Crippen LogP contribution in [0.5, 0.6) is 0 Å². The van der Waals surface area contributed by atoms with Gasteiger partial charge in [-0.1, -0.05) is 0 Å². The second-order valence-corrected chi connectivity index (χ2v) is 3.41. The number of nitrogens with one attached hydrogen (secondary N) is 1. The van der Waals surface area contributed by atoms with Gasteiger partial charge in [-0.2, -0.15) is 0 Å². The summed E-state index contributed by atoms with van der Waals surface area (Å²) in [5.74, 6) is 1.33. The van der Waals surface area contributed by atoms with E-state index in [9.17, 15) is 0 Å². The topological polar surface area (TPSA) is 64.1 Å². The van der Waals surface area contributed by atoms with Crippen LogP contribution >= 0.6 is 0 Å². The molecule has 2 rings (SSSR count). The van der Waals surface area contributed by atoms with Crippen molar-refractivity contribution in [3.8, 4) is 0 Å². The fourth-order valence-corrected chi connectivity index (χ4v) is 1.64. The maximum absolute atomic E-state index is 5.43. The van der Waals surface area contributed by atoms with E-state index in [-0.39, 0.29) is 0 Å². The van der Waals surface area contributed by atoms with Crippen molar-refractivity contribution < 1.29 is 4.42 Å². The molecule has 0 amide bonds. The summed E-state index contributed by atoms with van der Waals surface area (Å²) in [7, 11) is 0. The van der Waals surface area contributed by atoms with E-state index in [2.05, 4.69) is 10.3 Å². The van der Waals surface area contributed by atoms with Crippen molar-refractivity contribution in [2.75, 3.05) is 19.6 Å². The predicted molar refractivity (Wildman–Crippen MR) is 49.5 cm³/mol. The van der Waals surface area contributed by atoms with Crippen molar-refractivity contribution in [1.82, 2.24) is 10.3 Å². The maximum Gasteiger partial charge on any atom is 0.198 e. The highest BCUT2D eigenvalue weighted by Gasteiger charge is 2.21. The SMILES string of the molecule is NCCc1coc(C2CCNC2)n1. The molecule has 0 radical (unpaired) electrons. The van der Waals surface area contributed by atoms with Gasteiger partial charge in [0.25, 0.3) is 0 Å². The van der Waals surface area contributed by atoms with Crippen LogP contribution in [-0.2, 0) is 6.42 Å². The van der Waals surface area contributed by atoms with Gasteiger partial charge in [-0.25, -0.2) is 4.98 Å². The minimum absolute atomic E-state index is 0.464. The summed E-state index contributed by atoms with van der Waals surface area (Å²) in [6.45, 7) is 2.69. The van der Waals surface area contributed by atoms with Crippen LogP contribution < -0.4 is 11.1 Å². The number of oxazole rings is 1. The Morgan fingerprint density at radius 2 is 2.62 bits per heavy atom. The Morgan fingerprint density at radius 3 is 3.31 bits per heavy atom. The molecule has 1 aliphatic rings. The van der Waals surface area contributed by atoms with Gasteiger partial charge in [0.2, 0.25) is 0 Å². The molecule has 1 aromatic heterocycles. The molecule has 1 saturated heterocycles. The molecule has 3 N–H and O–H groups in total. The van der Waals surface area contributed by atoms with Gasteiger partial charge in [0.1, 0.15) is 6.26 Å². The monoisotopic (exact) mass is 181 g/mol. The second kappa shape index (κ2) is 3.89. The molecule has 0 aliphatic carbocycles. The van der Waals surface area contributed by atoms with Gasteiger partial charge in [-0.05, 0) is 19.5 Å². The van der Waals surface area contributed by atoms with Crippen molar-refractivity contribution in [2.24, 2.45) is 5.73 Å². The van der Waals surface area contributed by atoms with E-state index >= 15 is 0 Å². The van der Waals surface area contributed by atoms with Crippen LogP contribution in [0.3, 0.4) is 0 Å². The summed E-state index contributed by atoms with van der Waals surface area (Å²) in [6, 6.07) is 0. The lowest BCUT2D eigenvalue weighted by Crippen LogP contribution is -2.08. The molecule has 0 bridgehead atoms. The van der Waals surface area contributed by atoms with Crippen molar-refractivity contribution in [3.63, 3.8) is 0 Å². The Labute approximate surface area is 77.5 Å².